The average molecular weight is 323 g/mol. The number of nitrogens with zero attached hydrogens (tertiary/aromatic N) is 2. The fraction of sp³-hybridized carbons (Fsp3) is 0.556. The lowest BCUT2D eigenvalue weighted by atomic mass is 10.1. The monoisotopic (exact) mass is 323 g/mol. The van der Waals surface area contributed by atoms with Crippen LogP contribution in [0.1, 0.15) is 6.23 Å². The molecule has 0 aliphatic carbocycles. The lowest BCUT2D eigenvalue weighted by Crippen LogP contribution is -2.37. The van der Waals surface area contributed by atoms with Gasteiger partial charge in [-0.05, 0) is 6.07 Å². The Hall–Kier alpha value is -1.33. The molecule has 1 aliphatic heterocycles. The summed E-state index contributed by atoms with van der Waals surface area (Å²) >= 11 is 0. The molecule has 6 N–H and O–H groups in total. The number of aromatic nitrogens is 2. The molecule has 1 unspecified atom stereocenters. The van der Waals surface area contributed by atoms with Crippen molar-refractivity contribution < 1.29 is 33.8 Å². The molecule has 0 amide bonds. The topological polar surface area (TPSA) is 177 Å². The maximum absolute atomic E-state index is 11.7. The summed E-state index contributed by atoms with van der Waals surface area (Å²) in [6.07, 6.45) is -4.45. The fourth-order valence-corrected chi connectivity index (χ4v) is 2.58. The Morgan fingerprint density at radius 2 is 2.19 bits per heavy atom. The van der Waals surface area contributed by atoms with E-state index in [0.29, 0.717) is 0 Å². The number of nitrogens with two attached hydrogens (primary N) is 1. The summed E-state index contributed by atoms with van der Waals surface area (Å²) in [7, 11) is -4.91. The summed E-state index contributed by atoms with van der Waals surface area (Å²) in [5, 5.41) is 19.2. The molecule has 0 spiro atoms. The number of nitrogen functional groups attached to an aromatic ring is 1. The van der Waals surface area contributed by atoms with E-state index < -0.39 is 44.7 Å². The second-order valence-corrected chi connectivity index (χ2v) is 5.53. The van der Waals surface area contributed by atoms with Crippen molar-refractivity contribution in [1.29, 1.82) is 0 Å². The first-order valence-electron chi connectivity index (χ1n) is 5.76. The largest absolute Gasteiger partial charge is 0.470 e. The van der Waals surface area contributed by atoms with Crippen molar-refractivity contribution in [3.8, 4) is 0 Å². The number of hydrogen-bond acceptors (Lipinski definition) is 8. The number of ether oxygens (including phenoxy) is 1. The van der Waals surface area contributed by atoms with E-state index in [0.717, 1.165) is 4.57 Å². The molecule has 0 aromatic carbocycles. The van der Waals surface area contributed by atoms with Crippen molar-refractivity contribution in [2.45, 2.75) is 24.5 Å². The van der Waals surface area contributed by atoms with Crippen molar-refractivity contribution in [1.82, 2.24) is 9.55 Å². The highest BCUT2D eigenvalue weighted by Gasteiger charge is 2.48. The second-order valence-electron chi connectivity index (χ2n) is 4.34. The molecule has 0 saturated carbocycles. The van der Waals surface area contributed by atoms with E-state index in [1.54, 1.807) is 0 Å². The van der Waals surface area contributed by atoms with Gasteiger partial charge in [0.05, 0.1) is 6.61 Å². The van der Waals surface area contributed by atoms with E-state index >= 15 is 0 Å². The number of phosphoric ester groups is 1. The van der Waals surface area contributed by atoms with Crippen LogP contribution in [-0.2, 0) is 13.8 Å². The van der Waals surface area contributed by atoms with Gasteiger partial charge in [0.2, 0.25) is 0 Å². The minimum atomic E-state index is -4.91. The maximum Gasteiger partial charge on any atom is 0.470 e. The molecule has 1 aromatic heterocycles. The molecular formula is C9H14N3O8P. The highest BCUT2D eigenvalue weighted by molar-refractivity contribution is 7.46. The third kappa shape index (κ3) is 3.47. The van der Waals surface area contributed by atoms with Gasteiger partial charge in [0.25, 0.3) is 0 Å². The summed E-state index contributed by atoms with van der Waals surface area (Å²) in [6, 6.07) is 1.28. The molecule has 1 aromatic rings. The predicted octanol–water partition coefficient (Wildman–Crippen LogP) is -2.45. The molecule has 0 bridgehead atoms. The first-order valence-corrected chi connectivity index (χ1v) is 7.29. The predicted molar refractivity (Wildman–Crippen MR) is 66.8 cm³/mol. The normalized spacial score (nSPS) is 29.7. The lowest BCUT2D eigenvalue weighted by Gasteiger charge is -2.20. The molecule has 1 saturated heterocycles. The van der Waals surface area contributed by atoms with Crippen LogP contribution >= 0.6 is 7.82 Å². The smallest absolute Gasteiger partial charge is 0.394 e. The number of aliphatic hydroxyl groups excluding tert-OH is 2. The zero-order valence-electron chi connectivity index (χ0n) is 10.5. The van der Waals surface area contributed by atoms with Crippen molar-refractivity contribution in [2.24, 2.45) is 0 Å². The third-order valence-corrected chi connectivity index (χ3v) is 3.39. The molecule has 12 heteroatoms. The van der Waals surface area contributed by atoms with Crippen LogP contribution in [0, 0.1) is 0 Å². The Bertz CT molecular complexity index is 615. The summed E-state index contributed by atoms with van der Waals surface area (Å²) in [6.45, 7) is -0.671. The van der Waals surface area contributed by atoms with E-state index in [4.69, 9.17) is 25.4 Å². The Labute approximate surface area is 117 Å². The van der Waals surface area contributed by atoms with Gasteiger partial charge in [0.15, 0.2) is 6.23 Å². The molecule has 21 heavy (non-hydrogen) atoms. The standard InChI is InChI=1S/C9H14N3O8P/c10-5-1-2-12(9(15)11-5)8-6(14)7(4(3-13)19-8)20-21(16,17)18/h1-2,4,6-8,13-14H,3H2,(H2,10,11,15)(H2,16,17,18)/t4-,6+,7?,8-/m1/s1. The zero-order valence-corrected chi connectivity index (χ0v) is 11.4. The van der Waals surface area contributed by atoms with Gasteiger partial charge in [0, 0.05) is 6.20 Å². The average Bonchev–Trinajstić information content (AvgIpc) is 2.65. The summed E-state index contributed by atoms with van der Waals surface area (Å²) in [4.78, 5) is 32.7. The zero-order chi connectivity index (χ0) is 15.8. The molecule has 11 nitrogen and oxygen atoms in total. The quantitative estimate of drug-likeness (QED) is 0.374. The van der Waals surface area contributed by atoms with Crippen molar-refractivity contribution in [3.63, 3.8) is 0 Å². The molecular weight excluding hydrogens is 309 g/mol. The number of anilines is 1. The van der Waals surface area contributed by atoms with Crippen LogP contribution in [0.25, 0.3) is 0 Å². The van der Waals surface area contributed by atoms with E-state index in [2.05, 4.69) is 9.51 Å². The van der Waals surface area contributed by atoms with Crippen LogP contribution in [0.4, 0.5) is 5.82 Å². The van der Waals surface area contributed by atoms with Crippen LogP contribution in [0.5, 0.6) is 0 Å². The highest BCUT2D eigenvalue weighted by atomic mass is 31.2. The Morgan fingerprint density at radius 3 is 2.71 bits per heavy atom. The minimum absolute atomic E-state index is 0.0366. The maximum atomic E-state index is 11.7. The SMILES string of the molecule is Nc1ccn([C@@H]2O[C@H](CO)C(OP(=O)(O)O)[C@@H]2O)c(=O)n1. The molecule has 1 aliphatic rings. The Morgan fingerprint density at radius 1 is 1.52 bits per heavy atom. The van der Waals surface area contributed by atoms with Gasteiger partial charge in [-0.2, -0.15) is 4.98 Å². The molecule has 4 atom stereocenters. The molecule has 1 fully saturated rings. The molecule has 2 heterocycles. The Kier molecular flexibility index (Phi) is 4.44. The number of aliphatic hydroxyl groups is 2. The number of rotatable bonds is 4. The number of phosphoric acid groups is 1. The highest BCUT2D eigenvalue weighted by Crippen LogP contribution is 2.43. The second kappa shape index (κ2) is 5.81. The molecule has 0 radical (unpaired) electrons. The molecule has 118 valence electrons. The van der Waals surface area contributed by atoms with Crippen molar-refractivity contribution in [3.05, 3.63) is 22.7 Å². The summed E-state index contributed by atoms with van der Waals surface area (Å²) in [5.74, 6) is -0.0366. The van der Waals surface area contributed by atoms with Gasteiger partial charge in [-0.1, -0.05) is 0 Å². The third-order valence-electron chi connectivity index (χ3n) is 2.87. The first kappa shape index (κ1) is 16.0. The first-order chi connectivity index (χ1) is 9.73. The van der Waals surface area contributed by atoms with Crippen LogP contribution in [-0.4, -0.2) is 54.5 Å². The van der Waals surface area contributed by atoms with Crippen LogP contribution < -0.4 is 11.4 Å². The Balaban J connectivity index is 2.31. The van der Waals surface area contributed by atoms with Crippen LogP contribution in [0.15, 0.2) is 17.1 Å². The minimum Gasteiger partial charge on any atom is -0.394 e. The summed E-state index contributed by atoms with van der Waals surface area (Å²) < 4.78 is 21.4. The number of hydrogen-bond donors (Lipinski definition) is 5. The van der Waals surface area contributed by atoms with Gasteiger partial charge in [-0.15, -0.1) is 0 Å². The van der Waals surface area contributed by atoms with Crippen molar-refractivity contribution in [2.75, 3.05) is 12.3 Å². The van der Waals surface area contributed by atoms with Crippen LogP contribution in [0.3, 0.4) is 0 Å². The van der Waals surface area contributed by atoms with E-state index in [-0.39, 0.29) is 5.82 Å². The fourth-order valence-electron chi connectivity index (χ4n) is 2.00. The summed E-state index contributed by atoms with van der Waals surface area (Å²) in [5.41, 5.74) is 4.50. The van der Waals surface area contributed by atoms with Gasteiger partial charge >= 0.3 is 13.5 Å². The van der Waals surface area contributed by atoms with Gasteiger partial charge in [0.1, 0.15) is 24.1 Å². The molecule has 2 rings (SSSR count). The van der Waals surface area contributed by atoms with Gasteiger partial charge in [-0.3, -0.25) is 9.09 Å². The lowest BCUT2D eigenvalue weighted by molar-refractivity contribution is -0.0548. The van der Waals surface area contributed by atoms with E-state index in [1.165, 1.54) is 12.3 Å². The van der Waals surface area contributed by atoms with E-state index in [9.17, 15) is 14.5 Å². The van der Waals surface area contributed by atoms with E-state index in [1.807, 2.05) is 0 Å². The van der Waals surface area contributed by atoms with Gasteiger partial charge < -0.3 is 30.5 Å². The van der Waals surface area contributed by atoms with Crippen LogP contribution in [0.2, 0.25) is 0 Å². The van der Waals surface area contributed by atoms with Gasteiger partial charge in [-0.25, -0.2) is 9.36 Å². The van der Waals surface area contributed by atoms with Crippen molar-refractivity contribution >= 4 is 13.6 Å².